The number of hydrogen-bond donors (Lipinski definition) is 2. The monoisotopic (exact) mass is 547 g/mol. The molecule has 0 amide bonds. The van der Waals surface area contributed by atoms with Crippen LogP contribution >= 0.6 is 22.7 Å². The van der Waals surface area contributed by atoms with E-state index in [4.69, 9.17) is 4.74 Å². The lowest BCUT2D eigenvalue weighted by atomic mass is 10.2. The van der Waals surface area contributed by atoms with Crippen molar-refractivity contribution in [2.75, 3.05) is 36.0 Å². The number of thiophene rings is 1. The van der Waals surface area contributed by atoms with Gasteiger partial charge < -0.3 is 20.5 Å². The maximum Gasteiger partial charge on any atom is 0.251 e. The SMILES string of the molecule is COCc1nnc(/N=N/c2ccc(NNc3ccc(/N=N/c4ccc(N5CCCC5)s4)cc3C)cc2C)s1. The Morgan fingerprint density at radius 3 is 2.53 bits per heavy atom. The highest BCUT2D eigenvalue weighted by Gasteiger charge is 2.14. The van der Waals surface area contributed by atoms with Crippen LogP contribution < -0.4 is 15.8 Å². The van der Waals surface area contributed by atoms with Crippen molar-refractivity contribution < 1.29 is 4.74 Å². The summed E-state index contributed by atoms with van der Waals surface area (Å²) in [5, 5.41) is 28.9. The Morgan fingerprint density at radius 2 is 1.74 bits per heavy atom. The summed E-state index contributed by atoms with van der Waals surface area (Å²) in [7, 11) is 1.62. The first-order valence-electron chi connectivity index (χ1n) is 12.3. The van der Waals surface area contributed by atoms with Gasteiger partial charge in [0.15, 0.2) is 0 Å². The van der Waals surface area contributed by atoms with Crippen LogP contribution in [0.2, 0.25) is 0 Å². The van der Waals surface area contributed by atoms with Crippen molar-refractivity contribution in [3.63, 3.8) is 0 Å². The second-order valence-electron chi connectivity index (χ2n) is 8.87. The van der Waals surface area contributed by atoms with Crippen molar-refractivity contribution >= 4 is 60.6 Å². The van der Waals surface area contributed by atoms with Gasteiger partial charge in [0.05, 0.1) is 27.8 Å². The molecule has 3 heterocycles. The minimum absolute atomic E-state index is 0.417. The van der Waals surface area contributed by atoms with Crippen LogP contribution in [0.3, 0.4) is 0 Å². The van der Waals surface area contributed by atoms with Gasteiger partial charge in [-0.25, -0.2) is 0 Å². The Hall–Kier alpha value is -3.74. The van der Waals surface area contributed by atoms with Crippen LogP contribution in [-0.4, -0.2) is 30.4 Å². The molecule has 0 atom stereocenters. The average molecular weight is 548 g/mol. The van der Waals surface area contributed by atoms with Gasteiger partial charge in [-0.1, -0.05) is 22.7 Å². The molecule has 1 fully saturated rings. The third-order valence-corrected chi connectivity index (χ3v) is 7.79. The standard InChI is InChI=1S/C26H29N9OS2/c1-17-15-20(28-31-23-10-11-25(37-23)35-12-4-5-13-35)7-8-21(17)29-27-19-6-9-22(18(2)14-19)30-33-26-34-32-24(38-26)16-36-3/h6-11,14-15,27,29H,4-5,12-13,16H2,1-3H3/b31-28+,33-30+. The van der Waals surface area contributed by atoms with Crippen LogP contribution in [0.5, 0.6) is 0 Å². The van der Waals surface area contributed by atoms with Crippen molar-refractivity contribution in [3.05, 3.63) is 64.7 Å². The van der Waals surface area contributed by atoms with E-state index in [-0.39, 0.29) is 0 Å². The quantitative estimate of drug-likeness (QED) is 0.153. The Bertz CT molecular complexity index is 1440. The van der Waals surface area contributed by atoms with Gasteiger partial charge in [0, 0.05) is 20.2 Å². The van der Waals surface area contributed by atoms with E-state index in [0.717, 1.165) is 57.0 Å². The first-order chi connectivity index (χ1) is 18.6. The maximum atomic E-state index is 5.06. The van der Waals surface area contributed by atoms with E-state index in [1.807, 2.05) is 56.3 Å². The van der Waals surface area contributed by atoms with Crippen molar-refractivity contribution in [1.82, 2.24) is 10.2 Å². The van der Waals surface area contributed by atoms with E-state index in [0.29, 0.717) is 11.7 Å². The minimum atomic E-state index is 0.417. The van der Waals surface area contributed by atoms with E-state index >= 15 is 0 Å². The molecule has 0 unspecified atom stereocenters. The van der Waals surface area contributed by atoms with Crippen molar-refractivity contribution in [1.29, 1.82) is 0 Å². The summed E-state index contributed by atoms with van der Waals surface area (Å²) in [6.45, 7) is 6.72. The Labute approximate surface area is 229 Å². The van der Waals surface area contributed by atoms with Gasteiger partial charge in [0.2, 0.25) is 0 Å². The van der Waals surface area contributed by atoms with E-state index < -0.39 is 0 Å². The van der Waals surface area contributed by atoms with Crippen LogP contribution in [0.1, 0.15) is 29.0 Å². The number of ether oxygens (including phenoxy) is 1. The van der Waals surface area contributed by atoms with Crippen LogP contribution in [-0.2, 0) is 11.3 Å². The first-order valence-corrected chi connectivity index (χ1v) is 13.9. The number of methoxy groups -OCH3 is 1. The number of rotatable bonds is 10. The Kier molecular flexibility index (Phi) is 8.31. The fourth-order valence-electron chi connectivity index (χ4n) is 3.98. The van der Waals surface area contributed by atoms with E-state index in [2.05, 4.69) is 52.5 Å². The zero-order valence-corrected chi connectivity index (χ0v) is 23.1. The molecule has 4 aromatic rings. The summed E-state index contributed by atoms with van der Waals surface area (Å²) < 4.78 is 5.06. The van der Waals surface area contributed by atoms with E-state index in [9.17, 15) is 0 Å². The molecule has 196 valence electrons. The molecule has 0 spiro atoms. The molecule has 2 N–H and O–H groups in total. The Morgan fingerprint density at radius 1 is 0.868 bits per heavy atom. The summed E-state index contributed by atoms with van der Waals surface area (Å²) in [6, 6.07) is 16.0. The number of benzene rings is 2. The summed E-state index contributed by atoms with van der Waals surface area (Å²) in [5.74, 6) is 0. The predicted octanol–water partition coefficient (Wildman–Crippen LogP) is 8.23. The molecule has 0 radical (unpaired) electrons. The third-order valence-electron chi connectivity index (χ3n) is 5.97. The van der Waals surface area contributed by atoms with Gasteiger partial charge in [-0.15, -0.1) is 30.7 Å². The lowest BCUT2D eigenvalue weighted by Crippen LogP contribution is -2.15. The number of nitrogens with one attached hydrogen (secondary N) is 2. The first kappa shape index (κ1) is 25.9. The summed E-state index contributed by atoms with van der Waals surface area (Å²) >= 11 is 3.05. The molecule has 1 saturated heterocycles. The molecule has 1 aliphatic rings. The highest BCUT2D eigenvalue weighted by atomic mass is 32.1. The van der Waals surface area contributed by atoms with Crippen LogP contribution in [0.15, 0.2) is 69.0 Å². The fourth-order valence-corrected chi connectivity index (χ4v) is 5.50. The zero-order chi connectivity index (χ0) is 26.3. The molecule has 1 aliphatic heterocycles. The molecule has 5 rings (SSSR count). The topological polar surface area (TPSA) is 112 Å². The molecule has 0 aliphatic carbocycles. The summed E-state index contributed by atoms with van der Waals surface area (Å²) in [4.78, 5) is 2.42. The minimum Gasteiger partial charge on any atom is -0.377 e. The summed E-state index contributed by atoms with van der Waals surface area (Å²) in [6.07, 6.45) is 2.53. The number of azo groups is 2. The number of nitrogens with zero attached hydrogens (tertiary/aromatic N) is 7. The van der Waals surface area contributed by atoms with E-state index in [1.54, 1.807) is 18.4 Å². The molecule has 2 aromatic carbocycles. The van der Waals surface area contributed by atoms with Gasteiger partial charge in [0.25, 0.3) is 5.13 Å². The number of hydrogen-bond acceptors (Lipinski definition) is 12. The highest BCUT2D eigenvalue weighted by Crippen LogP contribution is 2.35. The van der Waals surface area contributed by atoms with Gasteiger partial charge >= 0.3 is 0 Å². The fraction of sp³-hybridized carbons (Fsp3) is 0.308. The van der Waals surface area contributed by atoms with Crippen LogP contribution in [0.25, 0.3) is 0 Å². The second-order valence-corrected chi connectivity index (χ2v) is 10.9. The second kappa shape index (κ2) is 12.2. The normalized spacial score (nSPS) is 13.7. The van der Waals surface area contributed by atoms with Crippen molar-refractivity contribution in [2.24, 2.45) is 20.5 Å². The Balaban J connectivity index is 1.16. The molecule has 12 heteroatoms. The number of aromatic nitrogens is 2. The molecule has 2 aromatic heterocycles. The molecule has 38 heavy (non-hydrogen) atoms. The van der Waals surface area contributed by atoms with Crippen molar-refractivity contribution in [2.45, 2.75) is 33.3 Å². The van der Waals surface area contributed by atoms with Crippen LogP contribution in [0, 0.1) is 13.8 Å². The smallest absolute Gasteiger partial charge is 0.251 e. The number of aryl methyl sites for hydroxylation is 2. The molecule has 0 saturated carbocycles. The van der Waals surface area contributed by atoms with Gasteiger partial charge in [0.1, 0.15) is 16.6 Å². The number of hydrazine groups is 1. The zero-order valence-electron chi connectivity index (χ0n) is 21.5. The molecular formula is C26H29N9OS2. The molecule has 10 nitrogen and oxygen atoms in total. The largest absolute Gasteiger partial charge is 0.377 e. The third kappa shape index (κ3) is 6.57. The van der Waals surface area contributed by atoms with E-state index in [1.165, 1.54) is 29.2 Å². The number of anilines is 3. The highest BCUT2D eigenvalue weighted by molar-refractivity contribution is 7.19. The van der Waals surface area contributed by atoms with Crippen LogP contribution in [0.4, 0.5) is 37.9 Å². The maximum absolute atomic E-state index is 5.06. The van der Waals surface area contributed by atoms with Crippen molar-refractivity contribution in [3.8, 4) is 0 Å². The lowest BCUT2D eigenvalue weighted by Gasteiger charge is -2.13. The lowest BCUT2D eigenvalue weighted by molar-refractivity contribution is 0.184. The summed E-state index contributed by atoms with van der Waals surface area (Å²) in [5.41, 5.74) is 12.0. The van der Waals surface area contributed by atoms with Gasteiger partial charge in [-0.2, -0.15) is 0 Å². The van der Waals surface area contributed by atoms with Gasteiger partial charge in [-0.05, 0) is 86.3 Å². The predicted molar refractivity (Wildman–Crippen MR) is 154 cm³/mol. The molecule has 0 bridgehead atoms. The average Bonchev–Trinajstić information content (AvgIpc) is 3.69. The molecular weight excluding hydrogens is 518 g/mol. The van der Waals surface area contributed by atoms with Gasteiger partial charge in [-0.3, -0.25) is 0 Å².